The molecule has 0 radical (unpaired) electrons. The Labute approximate surface area is 527 Å². The number of likely N-dealkylation sites (N-methyl/N-ethyl adjacent to an activating group) is 1. The monoisotopic (exact) mass is 1210 g/mol. The predicted molar refractivity (Wildman–Crippen MR) is 365 cm³/mol. The zero-order valence-electron chi connectivity index (χ0n) is 56.6. The zero-order chi connectivity index (χ0) is 61.9. The number of rotatable bonds is 67. The fraction of sp³-hybridized carbons (Fsp3) is 0.813. The maximum atomic E-state index is 12.9. The summed E-state index contributed by atoms with van der Waals surface area (Å²) in [6.07, 6.45) is 88.5. The van der Waals surface area contributed by atoms with Gasteiger partial charge >= 0.3 is 11.9 Å². The standard InChI is InChI=1S/C75H138NO8P/c1-6-8-10-12-14-16-18-20-22-24-26-28-30-32-34-35-36-37-38-39-40-41-42-44-46-48-50-52-54-56-58-60-62-64-66-68-75(78)84-73(72-83-85(79,80)82-70-69-76(3,4)5)71-81-74(77)67-65-63-61-59-57-55-53-51-49-47-45-43-33-31-29-27-25-23-21-19-17-15-13-11-9-7-2/h8,10,14,16,20,22,26,28,32,34,36-37,73H,6-7,9,11-13,15,17-19,21,23-25,27,29-31,33,35,38-72H2,1-5H3/b10-8-,16-14-,22-20-,28-26-,34-32-,37-36-. The van der Waals surface area contributed by atoms with Gasteiger partial charge in [-0.2, -0.15) is 0 Å². The van der Waals surface area contributed by atoms with Gasteiger partial charge in [0.05, 0.1) is 27.7 Å². The van der Waals surface area contributed by atoms with Gasteiger partial charge in [-0.15, -0.1) is 0 Å². The highest BCUT2D eigenvalue weighted by Crippen LogP contribution is 2.38. The molecule has 85 heavy (non-hydrogen) atoms. The second-order valence-corrected chi connectivity index (χ2v) is 27.0. The molecule has 0 aromatic carbocycles. The number of carbonyl (C=O) groups excluding carboxylic acids is 2. The minimum absolute atomic E-state index is 0.0299. The summed E-state index contributed by atoms with van der Waals surface area (Å²) in [6.45, 7) is 4.18. The Morgan fingerprint density at radius 1 is 0.376 bits per heavy atom. The third-order valence-corrected chi connectivity index (χ3v) is 17.0. The summed E-state index contributed by atoms with van der Waals surface area (Å²) in [7, 11) is 1.18. The number of carbonyl (C=O) groups is 2. The fourth-order valence-electron chi connectivity index (χ4n) is 10.5. The summed E-state index contributed by atoms with van der Waals surface area (Å²) >= 11 is 0. The van der Waals surface area contributed by atoms with E-state index in [4.69, 9.17) is 18.5 Å². The lowest BCUT2D eigenvalue weighted by Crippen LogP contribution is -2.37. The van der Waals surface area contributed by atoms with E-state index >= 15 is 0 Å². The lowest BCUT2D eigenvalue weighted by atomic mass is 10.0. The van der Waals surface area contributed by atoms with Gasteiger partial charge in [-0.05, 0) is 64.2 Å². The van der Waals surface area contributed by atoms with Gasteiger partial charge in [-0.25, -0.2) is 0 Å². The average Bonchev–Trinajstić information content (AvgIpc) is 3.51. The molecule has 0 aliphatic rings. The highest BCUT2D eigenvalue weighted by Gasteiger charge is 2.22. The van der Waals surface area contributed by atoms with Crippen molar-refractivity contribution >= 4 is 19.8 Å². The number of ether oxygens (including phenoxy) is 2. The number of phosphoric ester groups is 1. The minimum atomic E-state index is -4.64. The van der Waals surface area contributed by atoms with E-state index in [0.717, 1.165) is 77.0 Å². The van der Waals surface area contributed by atoms with Gasteiger partial charge in [0.15, 0.2) is 6.10 Å². The molecule has 9 nitrogen and oxygen atoms in total. The molecular formula is C75H138NO8P. The third kappa shape index (κ3) is 70.4. The lowest BCUT2D eigenvalue weighted by Gasteiger charge is -2.28. The number of allylic oxidation sites excluding steroid dienone is 12. The summed E-state index contributed by atoms with van der Waals surface area (Å²) in [5.41, 5.74) is 0. The Kier molecular flexibility index (Phi) is 63.9. The Balaban J connectivity index is 4.00. The molecular weight excluding hydrogens is 1070 g/mol. The molecule has 10 heteroatoms. The first kappa shape index (κ1) is 82.5. The molecule has 0 fully saturated rings. The highest BCUT2D eigenvalue weighted by molar-refractivity contribution is 7.45. The number of hydrogen-bond donors (Lipinski definition) is 0. The quantitative estimate of drug-likeness (QED) is 0.0195. The molecule has 0 saturated carbocycles. The van der Waals surface area contributed by atoms with Gasteiger partial charge in [0.1, 0.15) is 19.8 Å². The molecule has 0 aromatic heterocycles. The third-order valence-electron chi connectivity index (χ3n) is 16.0. The van der Waals surface area contributed by atoms with Gasteiger partial charge in [-0.1, -0.05) is 337 Å². The number of unbranched alkanes of at least 4 members (excludes halogenated alkanes) is 41. The molecule has 0 aromatic rings. The van der Waals surface area contributed by atoms with Crippen LogP contribution in [-0.2, 0) is 32.7 Å². The van der Waals surface area contributed by atoms with Crippen molar-refractivity contribution in [2.24, 2.45) is 0 Å². The van der Waals surface area contributed by atoms with Crippen molar-refractivity contribution in [3.05, 3.63) is 72.9 Å². The van der Waals surface area contributed by atoms with E-state index in [9.17, 15) is 19.0 Å². The van der Waals surface area contributed by atoms with E-state index in [1.807, 2.05) is 21.1 Å². The van der Waals surface area contributed by atoms with Crippen LogP contribution in [0.1, 0.15) is 341 Å². The Bertz CT molecular complexity index is 1660. The zero-order valence-corrected chi connectivity index (χ0v) is 57.5. The Morgan fingerprint density at radius 3 is 1.00 bits per heavy atom. The largest absolute Gasteiger partial charge is 0.756 e. The van der Waals surface area contributed by atoms with Crippen molar-refractivity contribution in [1.82, 2.24) is 0 Å². The first-order valence-electron chi connectivity index (χ1n) is 36.1. The maximum absolute atomic E-state index is 12.9. The molecule has 0 rings (SSSR count). The van der Waals surface area contributed by atoms with Crippen molar-refractivity contribution < 1.29 is 42.1 Å². The molecule has 0 saturated heterocycles. The summed E-state index contributed by atoms with van der Waals surface area (Å²) in [6, 6.07) is 0. The van der Waals surface area contributed by atoms with Gasteiger partial charge < -0.3 is 27.9 Å². The molecule has 0 bridgehead atoms. The second-order valence-electron chi connectivity index (χ2n) is 25.6. The van der Waals surface area contributed by atoms with Crippen molar-refractivity contribution in [2.75, 3.05) is 47.5 Å². The maximum Gasteiger partial charge on any atom is 0.306 e. The number of hydrogen-bond acceptors (Lipinski definition) is 8. The molecule has 0 amide bonds. The molecule has 2 unspecified atom stereocenters. The molecule has 0 N–H and O–H groups in total. The SMILES string of the molecule is CC/C=C\C/C=C\C/C=C\C/C=C\C/C=C\C/C=C\CCCCCCCCCCCCCCCCCCC(=O)OC(COC(=O)CCCCCCCCCCCCCCCCCCCCCCCCCCCC)COP(=O)([O-])OCC[N+](C)(C)C. The van der Waals surface area contributed by atoms with Crippen LogP contribution in [0.4, 0.5) is 0 Å². The van der Waals surface area contributed by atoms with Crippen molar-refractivity contribution in [3.63, 3.8) is 0 Å². The van der Waals surface area contributed by atoms with Crippen LogP contribution in [0.3, 0.4) is 0 Å². The van der Waals surface area contributed by atoms with E-state index in [1.165, 1.54) is 231 Å². The number of phosphoric acid groups is 1. The molecule has 496 valence electrons. The summed E-state index contributed by atoms with van der Waals surface area (Å²) in [5.74, 6) is -0.816. The minimum Gasteiger partial charge on any atom is -0.756 e. The van der Waals surface area contributed by atoms with Gasteiger partial charge in [-0.3, -0.25) is 14.2 Å². The van der Waals surface area contributed by atoms with Crippen LogP contribution in [0.2, 0.25) is 0 Å². The first-order valence-corrected chi connectivity index (χ1v) is 37.6. The van der Waals surface area contributed by atoms with Crippen LogP contribution < -0.4 is 4.89 Å². The second kappa shape index (κ2) is 65.9. The molecule has 0 heterocycles. The van der Waals surface area contributed by atoms with Gasteiger partial charge in [0.2, 0.25) is 0 Å². The van der Waals surface area contributed by atoms with Crippen molar-refractivity contribution in [1.29, 1.82) is 0 Å². The summed E-state index contributed by atoms with van der Waals surface area (Å²) < 4.78 is 34.4. The van der Waals surface area contributed by atoms with Crippen LogP contribution in [0.25, 0.3) is 0 Å². The molecule has 0 aliphatic heterocycles. The van der Waals surface area contributed by atoms with E-state index < -0.39 is 26.5 Å². The van der Waals surface area contributed by atoms with E-state index in [2.05, 4.69) is 86.8 Å². The lowest BCUT2D eigenvalue weighted by molar-refractivity contribution is -0.870. The molecule has 0 spiro atoms. The Morgan fingerprint density at radius 2 is 0.671 bits per heavy atom. The molecule has 2 atom stereocenters. The van der Waals surface area contributed by atoms with Crippen LogP contribution in [-0.4, -0.2) is 70.0 Å². The predicted octanol–water partition coefficient (Wildman–Crippen LogP) is 22.9. The van der Waals surface area contributed by atoms with Crippen LogP contribution >= 0.6 is 7.82 Å². The summed E-state index contributed by atoms with van der Waals surface area (Å²) in [5, 5.41) is 0. The van der Waals surface area contributed by atoms with Crippen molar-refractivity contribution in [2.45, 2.75) is 347 Å². The van der Waals surface area contributed by atoms with Gasteiger partial charge in [0.25, 0.3) is 7.82 Å². The van der Waals surface area contributed by atoms with Gasteiger partial charge in [0, 0.05) is 12.8 Å². The smallest absolute Gasteiger partial charge is 0.306 e. The fourth-order valence-corrected chi connectivity index (χ4v) is 11.2. The number of quaternary nitrogens is 1. The first-order chi connectivity index (χ1) is 41.5. The molecule has 0 aliphatic carbocycles. The van der Waals surface area contributed by atoms with E-state index in [0.29, 0.717) is 17.4 Å². The van der Waals surface area contributed by atoms with Crippen molar-refractivity contribution in [3.8, 4) is 0 Å². The number of nitrogens with zero attached hydrogens (tertiary/aromatic N) is 1. The van der Waals surface area contributed by atoms with Crippen LogP contribution in [0.5, 0.6) is 0 Å². The summed E-state index contributed by atoms with van der Waals surface area (Å²) in [4.78, 5) is 38.1. The Hall–Kier alpha value is -2.55. The van der Waals surface area contributed by atoms with E-state index in [-0.39, 0.29) is 32.0 Å². The van der Waals surface area contributed by atoms with E-state index in [1.54, 1.807) is 0 Å². The number of esters is 2. The van der Waals surface area contributed by atoms with Crippen LogP contribution in [0.15, 0.2) is 72.9 Å². The highest BCUT2D eigenvalue weighted by atomic mass is 31.2. The topological polar surface area (TPSA) is 111 Å². The normalized spacial score (nSPS) is 13.5. The van der Waals surface area contributed by atoms with Crippen LogP contribution in [0, 0.1) is 0 Å². The average molecular weight is 1210 g/mol.